The van der Waals surface area contributed by atoms with E-state index in [0.29, 0.717) is 0 Å². The van der Waals surface area contributed by atoms with Crippen LogP contribution in [-0.2, 0) is 6.54 Å². The molecule has 1 heterocycles. The fourth-order valence-corrected chi connectivity index (χ4v) is 2.01. The zero-order valence-electron chi connectivity index (χ0n) is 10.1. The summed E-state index contributed by atoms with van der Waals surface area (Å²) in [4.78, 5) is 4.30. The quantitative estimate of drug-likeness (QED) is 0.791. The molecule has 1 aliphatic rings. The molecule has 3 nitrogen and oxygen atoms in total. The molecule has 3 heteroatoms. The number of nitrogens with zero attached hydrogens (tertiary/aromatic N) is 3. The van der Waals surface area contributed by atoms with Crippen molar-refractivity contribution < 1.29 is 0 Å². The molecule has 1 unspecified atom stereocenters. The fraction of sp³-hybridized carbons (Fsp3) is 0.357. The Kier molecular flexibility index (Phi) is 3.66. The number of benzene rings is 1. The molecule has 0 saturated heterocycles. The van der Waals surface area contributed by atoms with Crippen molar-refractivity contribution in [3.8, 4) is 6.07 Å². The smallest absolute Gasteiger partial charge is 0.117 e. The Morgan fingerprint density at radius 2 is 2.06 bits per heavy atom. The largest absolute Gasteiger partial charge is 0.354 e. The normalized spacial score (nSPS) is 16.0. The van der Waals surface area contributed by atoms with Crippen molar-refractivity contribution in [3.63, 3.8) is 0 Å². The van der Waals surface area contributed by atoms with Crippen LogP contribution < -0.4 is 0 Å². The van der Waals surface area contributed by atoms with Crippen molar-refractivity contribution in [2.45, 2.75) is 25.9 Å². The maximum Gasteiger partial charge on any atom is 0.117 e. The number of rotatable bonds is 4. The van der Waals surface area contributed by atoms with Crippen LogP contribution in [0.5, 0.6) is 0 Å². The lowest BCUT2D eigenvalue weighted by molar-refractivity contribution is 0.231. The first-order valence-electron chi connectivity index (χ1n) is 5.95. The van der Waals surface area contributed by atoms with E-state index in [9.17, 15) is 0 Å². The number of hydrogen-bond acceptors (Lipinski definition) is 3. The molecule has 88 valence electrons. The van der Waals surface area contributed by atoms with Gasteiger partial charge in [-0.3, -0.25) is 0 Å². The molecule has 0 radical (unpaired) electrons. The van der Waals surface area contributed by atoms with E-state index in [-0.39, 0.29) is 6.04 Å². The van der Waals surface area contributed by atoms with Crippen LogP contribution in [0.25, 0.3) is 0 Å². The molecule has 1 aromatic carbocycles. The molecule has 1 aromatic rings. The molecule has 2 rings (SSSR count). The van der Waals surface area contributed by atoms with E-state index >= 15 is 0 Å². The summed E-state index contributed by atoms with van der Waals surface area (Å²) in [5.74, 6) is 0. The molecule has 1 atom stereocenters. The second-order valence-electron chi connectivity index (χ2n) is 4.24. The minimum atomic E-state index is -0.00739. The van der Waals surface area contributed by atoms with Crippen molar-refractivity contribution in [1.82, 2.24) is 9.80 Å². The predicted molar refractivity (Wildman–Crippen MR) is 67.5 cm³/mol. The summed E-state index contributed by atoms with van der Waals surface area (Å²) in [6.07, 6.45) is 4.94. The molecule has 17 heavy (non-hydrogen) atoms. The Morgan fingerprint density at radius 1 is 1.29 bits per heavy atom. The molecule has 0 aromatic heterocycles. The SMILES string of the molecule is CCC(C#N)N1C=CN(Cc2ccccc2)C1. The Labute approximate surface area is 103 Å². The van der Waals surface area contributed by atoms with Crippen LogP contribution in [-0.4, -0.2) is 22.5 Å². The van der Waals surface area contributed by atoms with E-state index in [1.807, 2.05) is 19.2 Å². The van der Waals surface area contributed by atoms with Gasteiger partial charge in [-0.15, -0.1) is 0 Å². The Balaban J connectivity index is 1.92. The van der Waals surface area contributed by atoms with Crippen molar-refractivity contribution in [2.75, 3.05) is 6.67 Å². The minimum absolute atomic E-state index is 0.00739. The Bertz CT molecular complexity index is 419. The first kappa shape index (κ1) is 11.5. The molecular weight excluding hydrogens is 210 g/mol. The van der Waals surface area contributed by atoms with E-state index in [2.05, 4.69) is 46.3 Å². The third-order valence-electron chi connectivity index (χ3n) is 2.98. The highest BCUT2D eigenvalue weighted by molar-refractivity contribution is 5.15. The van der Waals surface area contributed by atoms with Crippen LogP contribution in [0.15, 0.2) is 42.7 Å². The maximum absolute atomic E-state index is 9.02. The second-order valence-corrected chi connectivity index (χ2v) is 4.24. The fourth-order valence-electron chi connectivity index (χ4n) is 2.01. The van der Waals surface area contributed by atoms with E-state index in [4.69, 9.17) is 5.26 Å². The van der Waals surface area contributed by atoms with Crippen LogP contribution in [0.1, 0.15) is 18.9 Å². The first-order chi connectivity index (χ1) is 8.33. The summed E-state index contributed by atoms with van der Waals surface area (Å²) in [5.41, 5.74) is 1.30. The average Bonchev–Trinajstić information content (AvgIpc) is 2.81. The molecule has 0 spiro atoms. The van der Waals surface area contributed by atoms with Gasteiger partial charge in [0.1, 0.15) is 6.04 Å². The monoisotopic (exact) mass is 227 g/mol. The van der Waals surface area contributed by atoms with Crippen molar-refractivity contribution in [1.29, 1.82) is 5.26 Å². The average molecular weight is 227 g/mol. The summed E-state index contributed by atoms with van der Waals surface area (Å²) >= 11 is 0. The Morgan fingerprint density at radius 3 is 2.71 bits per heavy atom. The summed E-state index contributed by atoms with van der Waals surface area (Å²) in [7, 11) is 0. The molecule has 0 saturated carbocycles. The van der Waals surface area contributed by atoms with E-state index < -0.39 is 0 Å². The maximum atomic E-state index is 9.02. The first-order valence-corrected chi connectivity index (χ1v) is 5.95. The van der Waals surface area contributed by atoms with Crippen LogP contribution >= 0.6 is 0 Å². The van der Waals surface area contributed by atoms with Gasteiger partial charge in [-0.2, -0.15) is 5.26 Å². The lowest BCUT2D eigenvalue weighted by Gasteiger charge is -2.24. The minimum Gasteiger partial charge on any atom is -0.354 e. The van der Waals surface area contributed by atoms with Gasteiger partial charge in [-0.1, -0.05) is 37.3 Å². The number of nitriles is 1. The van der Waals surface area contributed by atoms with Crippen LogP contribution in [0.2, 0.25) is 0 Å². The van der Waals surface area contributed by atoms with Crippen molar-refractivity contribution in [2.24, 2.45) is 0 Å². The zero-order chi connectivity index (χ0) is 12.1. The highest BCUT2D eigenvalue weighted by atomic mass is 15.3. The van der Waals surface area contributed by atoms with Gasteiger partial charge in [0.25, 0.3) is 0 Å². The van der Waals surface area contributed by atoms with Gasteiger partial charge < -0.3 is 9.80 Å². The van der Waals surface area contributed by atoms with E-state index in [0.717, 1.165) is 19.6 Å². The highest BCUT2D eigenvalue weighted by Crippen LogP contribution is 2.15. The van der Waals surface area contributed by atoms with Crippen LogP contribution in [0.4, 0.5) is 0 Å². The zero-order valence-corrected chi connectivity index (χ0v) is 10.1. The Hall–Kier alpha value is -1.95. The van der Waals surface area contributed by atoms with Crippen LogP contribution in [0, 0.1) is 11.3 Å². The lowest BCUT2D eigenvalue weighted by atomic mass is 10.2. The standard InChI is InChI=1S/C14H17N3/c1-2-14(10-15)17-9-8-16(12-17)11-13-6-4-3-5-7-13/h3-9,14H,2,11-12H2,1H3. The summed E-state index contributed by atoms with van der Waals surface area (Å²) in [6.45, 7) is 3.75. The number of hydrogen-bond donors (Lipinski definition) is 0. The van der Waals surface area contributed by atoms with Gasteiger partial charge in [-0.25, -0.2) is 0 Å². The molecular formula is C14H17N3. The highest BCUT2D eigenvalue weighted by Gasteiger charge is 2.19. The molecule has 0 N–H and O–H groups in total. The summed E-state index contributed by atoms with van der Waals surface area (Å²) < 4.78 is 0. The second kappa shape index (κ2) is 5.40. The summed E-state index contributed by atoms with van der Waals surface area (Å²) in [5, 5.41) is 9.02. The predicted octanol–water partition coefficient (Wildman–Crippen LogP) is 2.54. The topological polar surface area (TPSA) is 30.3 Å². The third-order valence-corrected chi connectivity index (χ3v) is 2.98. The molecule has 0 amide bonds. The van der Waals surface area contributed by atoms with Gasteiger partial charge in [-0.05, 0) is 12.0 Å². The third kappa shape index (κ3) is 2.79. The molecule has 0 fully saturated rings. The summed E-state index contributed by atoms with van der Waals surface area (Å²) in [6, 6.07) is 12.7. The van der Waals surface area contributed by atoms with Crippen molar-refractivity contribution in [3.05, 3.63) is 48.3 Å². The van der Waals surface area contributed by atoms with Gasteiger partial charge in [0, 0.05) is 18.9 Å². The van der Waals surface area contributed by atoms with E-state index in [1.54, 1.807) is 0 Å². The molecule has 0 bridgehead atoms. The molecule has 1 aliphatic heterocycles. The molecule has 0 aliphatic carbocycles. The van der Waals surface area contributed by atoms with Gasteiger partial charge in [0.15, 0.2) is 0 Å². The van der Waals surface area contributed by atoms with Crippen molar-refractivity contribution >= 4 is 0 Å². The van der Waals surface area contributed by atoms with Gasteiger partial charge >= 0.3 is 0 Å². The van der Waals surface area contributed by atoms with Crippen LogP contribution in [0.3, 0.4) is 0 Å². The lowest BCUT2D eigenvalue weighted by Crippen LogP contribution is -2.32. The van der Waals surface area contributed by atoms with Gasteiger partial charge in [0.2, 0.25) is 0 Å². The van der Waals surface area contributed by atoms with E-state index in [1.165, 1.54) is 5.56 Å². The van der Waals surface area contributed by atoms with Gasteiger partial charge in [0.05, 0.1) is 12.7 Å².